The lowest BCUT2D eigenvalue weighted by Crippen LogP contribution is -2.26. The van der Waals surface area contributed by atoms with E-state index in [0.717, 1.165) is 12.1 Å². The molecule has 1 amide bonds. The number of alkyl halides is 4. The van der Waals surface area contributed by atoms with E-state index in [9.17, 15) is 18.0 Å². The van der Waals surface area contributed by atoms with Gasteiger partial charge in [0, 0.05) is 11.9 Å². The minimum Gasteiger partial charge on any atom is -0.355 e. The average molecular weight is 310 g/mol. The van der Waals surface area contributed by atoms with Crippen LogP contribution in [0.3, 0.4) is 0 Å². The molecule has 17 heavy (non-hydrogen) atoms. The molecule has 0 aromatic heterocycles. The molecule has 0 saturated heterocycles. The number of nitrogens with one attached hydrogen (secondary N) is 1. The van der Waals surface area contributed by atoms with Crippen LogP contribution in [0.2, 0.25) is 0 Å². The molecule has 0 aliphatic carbocycles. The third kappa shape index (κ3) is 4.77. The van der Waals surface area contributed by atoms with E-state index in [0.29, 0.717) is 17.4 Å². The molecule has 0 saturated carbocycles. The van der Waals surface area contributed by atoms with Crippen molar-refractivity contribution in [3.63, 3.8) is 0 Å². The van der Waals surface area contributed by atoms with Crippen LogP contribution in [-0.4, -0.2) is 17.8 Å². The Morgan fingerprint density at radius 1 is 1.24 bits per heavy atom. The molecule has 1 N–H and O–H groups in total. The van der Waals surface area contributed by atoms with E-state index in [-0.39, 0.29) is 12.3 Å². The Labute approximate surface area is 105 Å². The van der Waals surface area contributed by atoms with Crippen molar-refractivity contribution in [1.82, 2.24) is 5.32 Å². The first-order valence-electron chi connectivity index (χ1n) is 4.92. The van der Waals surface area contributed by atoms with Gasteiger partial charge in [0.1, 0.15) is 0 Å². The van der Waals surface area contributed by atoms with Crippen molar-refractivity contribution in [2.24, 2.45) is 0 Å². The Kier molecular flexibility index (Phi) is 4.99. The summed E-state index contributed by atoms with van der Waals surface area (Å²) in [6.45, 7) is 0.499. The van der Waals surface area contributed by atoms with Gasteiger partial charge >= 0.3 is 6.18 Å². The quantitative estimate of drug-likeness (QED) is 0.851. The Balaban J connectivity index is 2.60. The van der Waals surface area contributed by atoms with Crippen molar-refractivity contribution in [2.75, 3.05) is 11.9 Å². The molecule has 0 radical (unpaired) electrons. The highest BCUT2D eigenvalue weighted by Crippen LogP contribution is 2.29. The van der Waals surface area contributed by atoms with E-state index < -0.39 is 11.7 Å². The number of carbonyl (C=O) groups is 1. The molecule has 0 heterocycles. The maximum Gasteiger partial charge on any atom is 0.416 e. The summed E-state index contributed by atoms with van der Waals surface area (Å²) < 4.78 is 36.8. The van der Waals surface area contributed by atoms with Crippen molar-refractivity contribution < 1.29 is 18.0 Å². The van der Waals surface area contributed by atoms with Crippen LogP contribution >= 0.6 is 15.9 Å². The number of carbonyl (C=O) groups excluding carboxylic acids is 1. The van der Waals surface area contributed by atoms with Crippen molar-refractivity contribution in [1.29, 1.82) is 0 Å². The molecular weight excluding hydrogens is 299 g/mol. The molecule has 1 rings (SSSR count). The molecule has 0 aliphatic heterocycles. The maximum absolute atomic E-state index is 12.3. The molecule has 0 bridgehead atoms. The van der Waals surface area contributed by atoms with E-state index in [1.807, 2.05) is 0 Å². The SMILES string of the molecule is O=C(Cc1ccc(C(F)(F)F)cc1)NCCBr. The van der Waals surface area contributed by atoms with Gasteiger partial charge in [0.15, 0.2) is 0 Å². The minimum atomic E-state index is -4.34. The highest BCUT2D eigenvalue weighted by Gasteiger charge is 2.29. The summed E-state index contributed by atoms with van der Waals surface area (Å²) in [6.07, 6.45) is -4.25. The maximum atomic E-state index is 12.3. The van der Waals surface area contributed by atoms with E-state index in [4.69, 9.17) is 0 Å². The second-order valence-corrected chi connectivity index (χ2v) is 4.20. The summed E-state index contributed by atoms with van der Waals surface area (Å²) in [5, 5.41) is 3.26. The topological polar surface area (TPSA) is 29.1 Å². The largest absolute Gasteiger partial charge is 0.416 e. The molecule has 0 atom stereocenters. The summed E-state index contributed by atoms with van der Waals surface area (Å²) in [5.74, 6) is -0.204. The van der Waals surface area contributed by atoms with Gasteiger partial charge in [-0.1, -0.05) is 28.1 Å². The smallest absolute Gasteiger partial charge is 0.355 e. The normalized spacial score (nSPS) is 11.3. The summed E-state index contributed by atoms with van der Waals surface area (Å²) in [7, 11) is 0. The predicted octanol–water partition coefficient (Wildman–Crippen LogP) is 2.76. The monoisotopic (exact) mass is 309 g/mol. The summed E-state index contributed by atoms with van der Waals surface area (Å²) >= 11 is 3.15. The fraction of sp³-hybridized carbons (Fsp3) is 0.364. The number of hydrogen-bond donors (Lipinski definition) is 1. The molecule has 0 spiro atoms. The van der Waals surface area contributed by atoms with Gasteiger partial charge < -0.3 is 5.32 Å². The number of halogens is 4. The van der Waals surface area contributed by atoms with Crippen LogP contribution in [0.1, 0.15) is 11.1 Å². The predicted molar refractivity (Wildman–Crippen MR) is 62.0 cm³/mol. The van der Waals surface area contributed by atoms with E-state index in [1.54, 1.807) is 0 Å². The van der Waals surface area contributed by atoms with Gasteiger partial charge in [-0.25, -0.2) is 0 Å². The Bertz CT molecular complexity index is 375. The summed E-state index contributed by atoms with van der Waals surface area (Å²) in [6, 6.07) is 4.59. The number of hydrogen-bond acceptors (Lipinski definition) is 1. The second kappa shape index (κ2) is 6.05. The lowest BCUT2D eigenvalue weighted by Gasteiger charge is -2.07. The fourth-order valence-electron chi connectivity index (χ4n) is 1.25. The molecule has 1 aromatic rings. The molecule has 0 fully saturated rings. The highest BCUT2D eigenvalue weighted by atomic mass is 79.9. The highest BCUT2D eigenvalue weighted by molar-refractivity contribution is 9.09. The first kappa shape index (κ1) is 14.0. The number of rotatable bonds is 4. The molecule has 94 valence electrons. The third-order valence-corrected chi connectivity index (χ3v) is 2.46. The molecule has 1 aromatic carbocycles. The lowest BCUT2D eigenvalue weighted by atomic mass is 10.1. The van der Waals surface area contributed by atoms with Crippen molar-refractivity contribution >= 4 is 21.8 Å². The number of amides is 1. The Hall–Kier alpha value is -1.04. The van der Waals surface area contributed by atoms with Crippen LogP contribution in [0, 0.1) is 0 Å². The second-order valence-electron chi connectivity index (χ2n) is 3.41. The van der Waals surface area contributed by atoms with Crippen LogP contribution in [0.15, 0.2) is 24.3 Å². The first-order chi connectivity index (χ1) is 7.93. The van der Waals surface area contributed by atoms with Crippen LogP contribution in [0.25, 0.3) is 0 Å². The van der Waals surface area contributed by atoms with Crippen LogP contribution < -0.4 is 5.32 Å². The van der Waals surface area contributed by atoms with E-state index in [1.165, 1.54) is 12.1 Å². The van der Waals surface area contributed by atoms with Gasteiger partial charge in [0.2, 0.25) is 5.91 Å². The zero-order valence-corrected chi connectivity index (χ0v) is 10.4. The minimum absolute atomic E-state index is 0.0884. The Morgan fingerprint density at radius 2 is 1.82 bits per heavy atom. The van der Waals surface area contributed by atoms with Crippen LogP contribution in [0.5, 0.6) is 0 Å². The van der Waals surface area contributed by atoms with Gasteiger partial charge in [-0.05, 0) is 17.7 Å². The summed E-state index contributed by atoms with van der Waals surface area (Å²) in [4.78, 5) is 11.3. The Morgan fingerprint density at radius 3 is 2.29 bits per heavy atom. The van der Waals surface area contributed by atoms with Crippen molar-refractivity contribution in [3.05, 3.63) is 35.4 Å². The fourth-order valence-corrected chi connectivity index (χ4v) is 1.44. The van der Waals surface area contributed by atoms with Gasteiger partial charge in [0.05, 0.1) is 12.0 Å². The molecular formula is C11H11BrF3NO. The first-order valence-corrected chi connectivity index (χ1v) is 6.04. The molecule has 0 unspecified atom stereocenters. The zero-order chi connectivity index (χ0) is 12.9. The average Bonchev–Trinajstić information content (AvgIpc) is 2.26. The van der Waals surface area contributed by atoms with E-state index in [2.05, 4.69) is 21.2 Å². The molecule has 0 aliphatic rings. The van der Waals surface area contributed by atoms with Gasteiger partial charge in [-0.3, -0.25) is 4.79 Å². The molecule has 2 nitrogen and oxygen atoms in total. The van der Waals surface area contributed by atoms with Gasteiger partial charge in [-0.2, -0.15) is 13.2 Å². The van der Waals surface area contributed by atoms with Crippen molar-refractivity contribution in [2.45, 2.75) is 12.6 Å². The zero-order valence-electron chi connectivity index (χ0n) is 8.85. The van der Waals surface area contributed by atoms with Crippen molar-refractivity contribution in [3.8, 4) is 0 Å². The van der Waals surface area contributed by atoms with Gasteiger partial charge in [0.25, 0.3) is 0 Å². The van der Waals surface area contributed by atoms with Crippen LogP contribution in [0.4, 0.5) is 13.2 Å². The number of benzene rings is 1. The third-order valence-electron chi connectivity index (χ3n) is 2.06. The van der Waals surface area contributed by atoms with Gasteiger partial charge in [-0.15, -0.1) is 0 Å². The molecule has 6 heteroatoms. The lowest BCUT2D eigenvalue weighted by molar-refractivity contribution is -0.137. The van der Waals surface area contributed by atoms with Crippen LogP contribution in [-0.2, 0) is 17.4 Å². The standard InChI is InChI=1S/C11H11BrF3NO/c12-5-6-16-10(17)7-8-1-3-9(4-2-8)11(13,14)15/h1-4H,5-7H2,(H,16,17). The summed E-state index contributed by atoms with van der Waals surface area (Å²) in [5.41, 5.74) is -0.146. The van der Waals surface area contributed by atoms with E-state index >= 15 is 0 Å².